The fourth-order valence-corrected chi connectivity index (χ4v) is 3.60. The average molecular weight is 398 g/mol. The van der Waals surface area contributed by atoms with Crippen LogP contribution in [0.1, 0.15) is 17.4 Å². The molecular formula is C16H17Cl2N5OS. The van der Waals surface area contributed by atoms with Gasteiger partial charge in [-0.05, 0) is 23.8 Å². The van der Waals surface area contributed by atoms with Crippen molar-refractivity contribution in [3.63, 3.8) is 0 Å². The van der Waals surface area contributed by atoms with Gasteiger partial charge in [-0.15, -0.1) is 11.3 Å². The Morgan fingerprint density at radius 1 is 1.32 bits per heavy atom. The first kappa shape index (κ1) is 18.0. The highest BCUT2D eigenvalue weighted by molar-refractivity contribution is 7.15. The van der Waals surface area contributed by atoms with Crippen molar-refractivity contribution in [2.45, 2.75) is 12.6 Å². The van der Waals surface area contributed by atoms with Crippen LogP contribution in [-0.4, -0.2) is 34.0 Å². The van der Waals surface area contributed by atoms with Gasteiger partial charge < -0.3 is 15.7 Å². The minimum absolute atomic E-state index is 0.272. The quantitative estimate of drug-likeness (QED) is 0.456. The summed E-state index contributed by atoms with van der Waals surface area (Å²) in [5.41, 5.74) is 1.56. The Bertz CT molecular complexity index is 843. The molecule has 1 atom stereocenters. The molecule has 6 nitrogen and oxygen atoms in total. The Morgan fingerprint density at radius 3 is 2.76 bits per heavy atom. The second kappa shape index (κ2) is 8.05. The van der Waals surface area contributed by atoms with Gasteiger partial charge >= 0.3 is 0 Å². The molecule has 0 aliphatic heterocycles. The lowest BCUT2D eigenvalue weighted by molar-refractivity contribution is 0.181. The van der Waals surface area contributed by atoms with Crippen molar-refractivity contribution < 1.29 is 5.11 Å². The number of imidazole rings is 1. The SMILES string of the molecule is CN=C(NCc1cn2ccsc2n1)NCC(O)c1cc(Cl)cc(Cl)c1. The standard InChI is InChI=1S/C16H17Cl2N5OS/c1-19-15(20-7-13-9-23-2-3-25-16(23)22-13)21-8-14(24)10-4-11(17)6-12(18)5-10/h2-6,9,14,24H,7-8H2,1H3,(H2,19,20,21). The number of benzene rings is 1. The summed E-state index contributed by atoms with van der Waals surface area (Å²) in [6, 6.07) is 5.00. The van der Waals surface area contributed by atoms with Crippen molar-refractivity contribution in [3.8, 4) is 0 Å². The number of aliphatic hydroxyl groups excluding tert-OH is 1. The maximum absolute atomic E-state index is 10.3. The molecule has 0 aliphatic carbocycles. The zero-order valence-corrected chi connectivity index (χ0v) is 15.7. The lowest BCUT2D eigenvalue weighted by Crippen LogP contribution is -2.39. The van der Waals surface area contributed by atoms with Crippen LogP contribution < -0.4 is 10.6 Å². The first-order valence-corrected chi connectivity index (χ1v) is 9.18. The maximum atomic E-state index is 10.3. The number of aliphatic hydroxyl groups is 1. The molecule has 9 heteroatoms. The lowest BCUT2D eigenvalue weighted by atomic mass is 10.1. The van der Waals surface area contributed by atoms with Gasteiger partial charge in [-0.25, -0.2) is 4.98 Å². The van der Waals surface area contributed by atoms with E-state index in [1.165, 1.54) is 0 Å². The largest absolute Gasteiger partial charge is 0.387 e. The van der Waals surface area contributed by atoms with Crippen LogP contribution in [-0.2, 0) is 6.54 Å². The molecule has 0 saturated carbocycles. The fourth-order valence-electron chi connectivity index (χ4n) is 2.33. The molecule has 0 bridgehead atoms. The van der Waals surface area contributed by atoms with Gasteiger partial charge in [-0.3, -0.25) is 9.39 Å². The van der Waals surface area contributed by atoms with Crippen molar-refractivity contribution in [3.05, 3.63) is 57.3 Å². The Labute approximate surface area is 159 Å². The summed E-state index contributed by atoms with van der Waals surface area (Å²) in [5, 5.41) is 19.5. The van der Waals surface area contributed by atoms with Crippen LogP contribution in [0.5, 0.6) is 0 Å². The van der Waals surface area contributed by atoms with Gasteiger partial charge in [0.2, 0.25) is 0 Å². The van der Waals surface area contributed by atoms with E-state index in [0.29, 0.717) is 28.1 Å². The summed E-state index contributed by atoms with van der Waals surface area (Å²) >= 11 is 13.5. The third-order valence-corrected chi connectivity index (χ3v) is 4.74. The van der Waals surface area contributed by atoms with Crippen molar-refractivity contribution in [1.82, 2.24) is 20.0 Å². The Morgan fingerprint density at radius 2 is 2.08 bits per heavy atom. The van der Waals surface area contributed by atoms with E-state index in [1.54, 1.807) is 36.6 Å². The Balaban J connectivity index is 1.54. The molecule has 0 radical (unpaired) electrons. The van der Waals surface area contributed by atoms with Crippen LogP contribution in [0.3, 0.4) is 0 Å². The predicted octanol–water partition coefficient (Wildman–Crippen LogP) is 3.10. The number of aromatic nitrogens is 2. The first-order valence-electron chi connectivity index (χ1n) is 7.55. The Hall–Kier alpha value is -1.80. The van der Waals surface area contributed by atoms with Crippen LogP contribution in [0, 0.1) is 0 Å². The summed E-state index contributed by atoms with van der Waals surface area (Å²) in [5.74, 6) is 0.573. The van der Waals surface area contributed by atoms with Crippen LogP contribution in [0.25, 0.3) is 4.96 Å². The molecule has 132 valence electrons. The van der Waals surface area contributed by atoms with E-state index in [2.05, 4.69) is 20.6 Å². The number of halogens is 2. The van der Waals surface area contributed by atoms with Gasteiger partial charge in [0, 0.05) is 41.4 Å². The Kier molecular flexibility index (Phi) is 5.80. The number of fused-ring (bicyclic) bond motifs is 1. The van der Waals surface area contributed by atoms with Gasteiger partial charge in [-0.2, -0.15) is 0 Å². The molecule has 0 saturated heterocycles. The van der Waals surface area contributed by atoms with E-state index in [1.807, 2.05) is 22.2 Å². The number of rotatable bonds is 5. The van der Waals surface area contributed by atoms with E-state index in [9.17, 15) is 5.11 Å². The van der Waals surface area contributed by atoms with E-state index in [4.69, 9.17) is 23.2 Å². The number of hydrogen-bond acceptors (Lipinski definition) is 4. The zero-order chi connectivity index (χ0) is 17.8. The number of thiazole rings is 1. The molecule has 2 aromatic heterocycles. The normalized spacial score (nSPS) is 13.2. The molecule has 25 heavy (non-hydrogen) atoms. The van der Waals surface area contributed by atoms with E-state index in [-0.39, 0.29) is 6.54 Å². The highest BCUT2D eigenvalue weighted by Gasteiger charge is 2.11. The van der Waals surface area contributed by atoms with Gasteiger partial charge in [-0.1, -0.05) is 23.2 Å². The van der Waals surface area contributed by atoms with Crippen molar-refractivity contribution in [2.75, 3.05) is 13.6 Å². The number of nitrogens with one attached hydrogen (secondary N) is 2. The summed E-state index contributed by atoms with van der Waals surface area (Å²) in [7, 11) is 1.67. The third-order valence-electron chi connectivity index (χ3n) is 3.54. The number of nitrogens with zero attached hydrogens (tertiary/aromatic N) is 3. The van der Waals surface area contributed by atoms with Gasteiger partial charge in [0.25, 0.3) is 0 Å². The summed E-state index contributed by atoms with van der Waals surface area (Å²) in [6.07, 6.45) is 3.18. The van der Waals surface area contributed by atoms with E-state index >= 15 is 0 Å². The first-order chi connectivity index (χ1) is 12.0. The predicted molar refractivity (Wildman–Crippen MR) is 103 cm³/mol. The molecule has 3 N–H and O–H groups in total. The average Bonchev–Trinajstić information content (AvgIpc) is 3.15. The minimum Gasteiger partial charge on any atom is -0.387 e. The van der Waals surface area contributed by atoms with Crippen LogP contribution in [0.4, 0.5) is 0 Å². The fraction of sp³-hybridized carbons (Fsp3) is 0.250. The molecule has 1 aromatic carbocycles. The second-order valence-corrected chi connectivity index (χ2v) is 7.10. The van der Waals surface area contributed by atoms with Gasteiger partial charge in [0.15, 0.2) is 10.9 Å². The van der Waals surface area contributed by atoms with Crippen LogP contribution >= 0.6 is 34.5 Å². The summed E-state index contributed by atoms with van der Waals surface area (Å²) in [4.78, 5) is 9.60. The molecule has 1 unspecified atom stereocenters. The minimum atomic E-state index is -0.757. The topological polar surface area (TPSA) is 74.0 Å². The summed E-state index contributed by atoms with van der Waals surface area (Å²) < 4.78 is 1.98. The molecule has 3 aromatic rings. The third kappa shape index (κ3) is 4.64. The highest BCUT2D eigenvalue weighted by atomic mass is 35.5. The monoisotopic (exact) mass is 397 g/mol. The molecular weight excluding hydrogens is 381 g/mol. The summed E-state index contributed by atoms with van der Waals surface area (Å²) in [6.45, 7) is 0.807. The molecule has 0 fully saturated rings. The number of guanidine groups is 1. The molecule has 0 spiro atoms. The molecule has 2 heterocycles. The van der Waals surface area contributed by atoms with Gasteiger partial charge in [0.05, 0.1) is 18.3 Å². The molecule has 0 amide bonds. The number of hydrogen-bond donors (Lipinski definition) is 3. The second-order valence-electron chi connectivity index (χ2n) is 5.35. The van der Waals surface area contributed by atoms with E-state index in [0.717, 1.165) is 10.7 Å². The highest BCUT2D eigenvalue weighted by Crippen LogP contribution is 2.23. The van der Waals surface area contributed by atoms with Gasteiger partial charge in [0.1, 0.15) is 0 Å². The number of aliphatic imine (C=N–C) groups is 1. The van der Waals surface area contributed by atoms with Crippen molar-refractivity contribution in [2.24, 2.45) is 4.99 Å². The van der Waals surface area contributed by atoms with Crippen LogP contribution in [0.2, 0.25) is 10.0 Å². The molecule has 0 aliphatic rings. The van der Waals surface area contributed by atoms with Crippen molar-refractivity contribution in [1.29, 1.82) is 0 Å². The van der Waals surface area contributed by atoms with Crippen LogP contribution in [0.15, 0.2) is 41.0 Å². The zero-order valence-electron chi connectivity index (χ0n) is 13.4. The van der Waals surface area contributed by atoms with Crippen molar-refractivity contribution >= 4 is 45.5 Å². The lowest BCUT2D eigenvalue weighted by Gasteiger charge is -2.16. The molecule has 3 rings (SSSR count). The van der Waals surface area contributed by atoms with E-state index < -0.39 is 6.10 Å². The maximum Gasteiger partial charge on any atom is 0.193 e. The smallest absolute Gasteiger partial charge is 0.193 e.